The first-order valence-electron chi connectivity index (χ1n) is 3.02. The summed E-state index contributed by atoms with van der Waals surface area (Å²) in [7, 11) is 0. The molecule has 1 aromatic heterocycles. The second kappa shape index (κ2) is 7.13. The van der Waals surface area contributed by atoms with Gasteiger partial charge in [-0.25, -0.2) is 0 Å². The molecule has 0 atom stereocenters. The molecule has 62 valence electrons. The van der Waals surface area contributed by atoms with Crippen LogP contribution in [0.4, 0.5) is 0 Å². The molecule has 0 amide bonds. The van der Waals surface area contributed by atoms with Gasteiger partial charge >= 0.3 is 0 Å². The Bertz CT molecular complexity index is 181. The lowest BCUT2D eigenvalue weighted by Gasteiger charge is -1.95. The van der Waals surface area contributed by atoms with Gasteiger partial charge in [-0.2, -0.15) is 0 Å². The fourth-order valence-corrected chi connectivity index (χ4v) is 1.70. The topological polar surface area (TPSA) is 12.9 Å². The summed E-state index contributed by atoms with van der Waals surface area (Å²) in [4.78, 5) is 5.21. The first kappa shape index (κ1) is 11.5. The first-order chi connectivity index (χ1) is 4.93. The molecular formula is C7H9Br2NS. The van der Waals surface area contributed by atoms with Crippen molar-refractivity contribution >= 4 is 44.7 Å². The van der Waals surface area contributed by atoms with E-state index in [1.165, 1.54) is 4.90 Å². The molecule has 4 heteroatoms. The van der Waals surface area contributed by atoms with E-state index < -0.39 is 0 Å². The number of pyridine rings is 1. The standard InChI is InChI=1S/C7H8BrNS.BrH/c8-3-6-10-7-1-4-9-5-2-7;/h1-2,4-5H,3,6H2;1H. The highest BCUT2D eigenvalue weighted by atomic mass is 79.9. The average Bonchev–Trinajstić information content (AvgIpc) is 2.03. The highest BCUT2D eigenvalue weighted by Crippen LogP contribution is 2.15. The third-order valence-corrected chi connectivity index (χ3v) is 2.93. The van der Waals surface area contributed by atoms with Crippen LogP contribution in [0, 0.1) is 0 Å². The molecule has 0 aliphatic carbocycles. The van der Waals surface area contributed by atoms with E-state index in [0.717, 1.165) is 11.1 Å². The van der Waals surface area contributed by atoms with Crippen LogP contribution in [0.1, 0.15) is 0 Å². The number of hydrogen-bond acceptors (Lipinski definition) is 2. The first-order valence-corrected chi connectivity index (χ1v) is 5.13. The maximum atomic E-state index is 3.93. The van der Waals surface area contributed by atoms with Gasteiger partial charge in [-0.1, -0.05) is 15.9 Å². The zero-order valence-corrected chi connectivity index (χ0v) is 9.98. The van der Waals surface area contributed by atoms with Gasteiger partial charge in [-0.05, 0) is 12.1 Å². The van der Waals surface area contributed by atoms with Crippen molar-refractivity contribution in [1.82, 2.24) is 4.98 Å². The summed E-state index contributed by atoms with van der Waals surface area (Å²) in [5.74, 6) is 1.12. The molecule has 0 saturated heterocycles. The van der Waals surface area contributed by atoms with Gasteiger partial charge in [0.2, 0.25) is 0 Å². The number of nitrogens with zero attached hydrogens (tertiary/aromatic N) is 1. The second-order valence-electron chi connectivity index (χ2n) is 1.72. The second-order valence-corrected chi connectivity index (χ2v) is 3.68. The molecule has 0 fully saturated rings. The molecule has 0 aliphatic rings. The van der Waals surface area contributed by atoms with Gasteiger partial charge in [0.25, 0.3) is 0 Å². The van der Waals surface area contributed by atoms with Crippen LogP contribution in [0.25, 0.3) is 0 Å². The van der Waals surface area contributed by atoms with Crippen molar-refractivity contribution in [2.45, 2.75) is 4.90 Å². The van der Waals surface area contributed by atoms with Crippen molar-refractivity contribution in [3.63, 3.8) is 0 Å². The fourth-order valence-electron chi connectivity index (χ4n) is 0.591. The molecule has 0 spiro atoms. The van der Waals surface area contributed by atoms with Crippen LogP contribution in [-0.4, -0.2) is 16.1 Å². The van der Waals surface area contributed by atoms with Gasteiger partial charge in [0, 0.05) is 28.4 Å². The summed E-state index contributed by atoms with van der Waals surface area (Å²) in [6, 6.07) is 4.04. The Morgan fingerprint density at radius 1 is 1.36 bits per heavy atom. The van der Waals surface area contributed by atoms with Crippen LogP contribution < -0.4 is 0 Å². The maximum absolute atomic E-state index is 3.93. The summed E-state index contributed by atoms with van der Waals surface area (Å²) in [5, 5.41) is 1.04. The smallest absolute Gasteiger partial charge is 0.0278 e. The Kier molecular flexibility index (Phi) is 7.43. The van der Waals surface area contributed by atoms with Crippen LogP contribution >= 0.6 is 44.7 Å². The summed E-state index contributed by atoms with van der Waals surface area (Å²) in [5.41, 5.74) is 0. The van der Waals surface area contributed by atoms with Crippen molar-refractivity contribution in [3.05, 3.63) is 24.5 Å². The quantitative estimate of drug-likeness (QED) is 0.628. The molecule has 11 heavy (non-hydrogen) atoms. The Hall–Kier alpha value is 0.460. The Morgan fingerprint density at radius 2 is 2.00 bits per heavy atom. The summed E-state index contributed by atoms with van der Waals surface area (Å²) >= 11 is 5.20. The van der Waals surface area contributed by atoms with Crippen molar-refractivity contribution in [3.8, 4) is 0 Å². The molecule has 1 heterocycles. The van der Waals surface area contributed by atoms with E-state index in [4.69, 9.17) is 0 Å². The molecule has 1 nitrogen and oxygen atoms in total. The van der Waals surface area contributed by atoms with Crippen LogP contribution in [0.5, 0.6) is 0 Å². The molecule has 0 unspecified atom stereocenters. The highest BCUT2D eigenvalue weighted by Gasteiger charge is 1.88. The minimum atomic E-state index is 0. The Balaban J connectivity index is 0.000001000. The number of halogens is 2. The molecule has 0 aliphatic heterocycles. The van der Waals surface area contributed by atoms with E-state index in [0.29, 0.717) is 0 Å². The van der Waals surface area contributed by atoms with E-state index in [2.05, 4.69) is 20.9 Å². The van der Waals surface area contributed by atoms with E-state index in [1.807, 2.05) is 36.3 Å². The van der Waals surface area contributed by atoms with Crippen LogP contribution in [0.3, 0.4) is 0 Å². The fraction of sp³-hybridized carbons (Fsp3) is 0.286. The largest absolute Gasteiger partial charge is 0.265 e. The zero-order chi connectivity index (χ0) is 7.23. The highest BCUT2D eigenvalue weighted by molar-refractivity contribution is 9.09. The minimum absolute atomic E-state index is 0. The number of aromatic nitrogens is 1. The molecular weight excluding hydrogens is 290 g/mol. The summed E-state index contributed by atoms with van der Waals surface area (Å²) in [6.45, 7) is 0. The number of thioether (sulfide) groups is 1. The van der Waals surface area contributed by atoms with E-state index in [1.54, 1.807) is 0 Å². The van der Waals surface area contributed by atoms with Crippen molar-refractivity contribution < 1.29 is 0 Å². The monoisotopic (exact) mass is 297 g/mol. The van der Waals surface area contributed by atoms with Gasteiger partial charge in [0.05, 0.1) is 0 Å². The van der Waals surface area contributed by atoms with Crippen LogP contribution in [0.15, 0.2) is 29.4 Å². The predicted octanol–water partition coefficient (Wildman–Crippen LogP) is 3.15. The number of rotatable bonds is 3. The molecule has 1 rings (SSSR count). The van der Waals surface area contributed by atoms with Crippen molar-refractivity contribution in [2.75, 3.05) is 11.1 Å². The lowest BCUT2D eigenvalue weighted by molar-refractivity contribution is 1.26. The lowest BCUT2D eigenvalue weighted by Crippen LogP contribution is -1.78. The number of alkyl halides is 1. The SMILES string of the molecule is Br.BrCCSc1ccncc1. The summed E-state index contributed by atoms with van der Waals surface area (Å²) in [6.07, 6.45) is 3.63. The third-order valence-electron chi connectivity index (χ3n) is 0.996. The molecule has 0 aromatic carbocycles. The van der Waals surface area contributed by atoms with E-state index in [9.17, 15) is 0 Å². The molecule has 0 N–H and O–H groups in total. The molecule has 0 bridgehead atoms. The van der Waals surface area contributed by atoms with Gasteiger partial charge < -0.3 is 0 Å². The molecule has 0 saturated carbocycles. The van der Waals surface area contributed by atoms with Crippen molar-refractivity contribution in [1.29, 1.82) is 0 Å². The normalized spacial score (nSPS) is 8.82. The van der Waals surface area contributed by atoms with E-state index >= 15 is 0 Å². The van der Waals surface area contributed by atoms with Crippen LogP contribution in [0.2, 0.25) is 0 Å². The minimum Gasteiger partial charge on any atom is -0.265 e. The van der Waals surface area contributed by atoms with Gasteiger partial charge in [0.15, 0.2) is 0 Å². The lowest BCUT2D eigenvalue weighted by atomic mass is 10.5. The van der Waals surface area contributed by atoms with Crippen molar-refractivity contribution in [2.24, 2.45) is 0 Å². The van der Waals surface area contributed by atoms with Gasteiger partial charge in [-0.15, -0.1) is 28.7 Å². The Morgan fingerprint density at radius 3 is 2.55 bits per heavy atom. The van der Waals surface area contributed by atoms with Gasteiger partial charge in [-0.3, -0.25) is 4.98 Å². The van der Waals surface area contributed by atoms with Gasteiger partial charge in [0.1, 0.15) is 0 Å². The summed E-state index contributed by atoms with van der Waals surface area (Å²) < 4.78 is 0. The maximum Gasteiger partial charge on any atom is 0.0278 e. The molecule has 0 radical (unpaired) electrons. The zero-order valence-electron chi connectivity index (χ0n) is 5.87. The predicted molar refractivity (Wildman–Crippen MR) is 59.1 cm³/mol. The third kappa shape index (κ3) is 4.82. The molecule has 1 aromatic rings. The van der Waals surface area contributed by atoms with E-state index in [-0.39, 0.29) is 17.0 Å². The van der Waals surface area contributed by atoms with Crippen LogP contribution in [-0.2, 0) is 0 Å². The number of hydrogen-bond donors (Lipinski definition) is 0. The average molecular weight is 299 g/mol. The Labute approximate surface area is 89.9 Å².